The van der Waals surface area contributed by atoms with Crippen molar-refractivity contribution in [2.75, 3.05) is 20.3 Å². The summed E-state index contributed by atoms with van der Waals surface area (Å²) in [7, 11) is 1.40. The van der Waals surface area contributed by atoms with Gasteiger partial charge in [0.05, 0.1) is 31.5 Å². The van der Waals surface area contributed by atoms with Gasteiger partial charge < -0.3 is 20.5 Å². The van der Waals surface area contributed by atoms with Crippen LogP contribution in [0.2, 0.25) is 0 Å². The minimum absolute atomic E-state index is 0.0161. The van der Waals surface area contributed by atoms with E-state index in [1.807, 2.05) is 0 Å². The molecule has 0 aromatic heterocycles. The predicted molar refractivity (Wildman–Crippen MR) is 83.8 cm³/mol. The molecule has 132 valence electrons. The lowest BCUT2D eigenvalue weighted by atomic mass is 9.99. The number of ether oxygens (including phenoxy) is 1. The first-order chi connectivity index (χ1) is 11.2. The quantitative estimate of drug-likeness (QED) is 0.606. The molecule has 1 unspecified atom stereocenters. The summed E-state index contributed by atoms with van der Waals surface area (Å²) in [5.74, 6) is -2.50. The molecule has 0 spiro atoms. The lowest BCUT2D eigenvalue weighted by Crippen LogP contribution is -2.53. The highest BCUT2D eigenvalue weighted by Gasteiger charge is 2.29. The Labute approximate surface area is 139 Å². The molecule has 2 amide bonds. The maximum atomic E-state index is 13.0. The lowest BCUT2D eigenvalue weighted by molar-refractivity contribution is -0.140. The zero-order valence-corrected chi connectivity index (χ0v) is 13.6. The fourth-order valence-corrected chi connectivity index (χ4v) is 2.24. The van der Waals surface area contributed by atoms with Gasteiger partial charge in [0.1, 0.15) is 5.82 Å². The van der Waals surface area contributed by atoms with Gasteiger partial charge in [0.2, 0.25) is 11.8 Å². The second-order valence-electron chi connectivity index (χ2n) is 5.70. The van der Waals surface area contributed by atoms with Gasteiger partial charge in [-0.2, -0.15) is 0 Å². The number of hydrogen-bond donors (Lipinski definition) is 3. The van der Waals surface area contributed by atoms with E-state index >= 15 is 0 Å². The van der Waals surface area contributed by atoms with Gasteiger partial charge in [-0.3, -0.25) is 14.4 Å². The van der Waals surface area contributed by atoms with Gasteiger partial charge in [-0.05, 0) is 24.6 Å². The summed E-state index contributed by atoms with van der Waals surface area (Å²) in [6.07, 6.45) is -0.376. The average Bonchev–Trinajstić information content (AvgIpc) is 2.44. The van der Waals surface area contributed by atoms with Crippen molar-refractivity contribution in [3.05, 3.63) is 35.6 Å². The van der Waals surface area contributed by atoms with E-state index in [9.17, 15) is 18.8 Å². The predicted octanol–water partition coefficient (Wildman–Crippen LogP) is 0.480. The molecule has 0 saturated heterocycles. The van der Waals surface area contributed by atoms with Crippen LogP contribution in [0.3, 0.4) is 0 Å². The summed E-state index contributed by atoms with van der Waals surface area (Å²) < 4.78 is 18.0. The molecule has 8 heteroatoms. The molecule has 0 heterocycles. The fraction of sp³-hybridized carbons (Fsp3) is 0.438. The zero-order valence-electron chi connectivity index (χ0n) is 13.6. The van der Waals surface area contributed by atoms with Crippen molar-refractivity contribution in [1.82, 2.24) is 10.6 Å². The number of methoxy groups -OCH3 is 1. The average molecular weight is 340 g/mol. The third-order valence-electron chi connectivity index (χ3n) is 3.15. The number of amides is 2. The number of carboxylic acids is 1. The number of rotatable bonds is 9. The Hall–Kier alpha value is -2.48. The standard InChI is InChI=1S/C16H21FN2O5/c1-16(10-24-2,8-15(22)23)19-14(21)9-18-13(20)7-11-4-3-5-12(17)6-11/h3-6H,7-10H2,1-2H3,(H,18,20)(H,19,21)(H,22,23). The summed E-state index contributed by atoms with van der Waals surface area (Å²) >= 11 is 0. The fourth-order valence-electron chi connectivity index (χ4n) is 2.24. The third kappa shape index (κ3) is 7.19. The minimum atomic E-state index is -1.08. The van der Waals surface area contributed by atoms with Crippen molar-refractivity contribution < 1.29 is 28.6 Å². The van der Waals surface area contributed by atoms with Crippen LogP contribution in [0.5, 0.6) is 0 Å². The van der Waals surface area contributed by atoms with Crippen molar-refractivity contribution in [2.45, 2.75) is 25.3 Å². The zero-order chi connectivity index (χ0) is 18.2. The Morgan fingerprint density at radius 3 is 2.58 bits per heavy atom. The normalized spacial score (nSPS) is 13.0. The first-order valence-corrected chi connectivity index (χ1v) is 7.27. The SMILES string of the molecule is COCC(C)(CC(=O)O)NC(=O)CNC(=O)Cc1cccc(F)c1. The van der Waals surface area contributed by atoms with E-state index in [1.165, 1.54) is 32.2 Å². The van der Waals surface area contributed by atoms with Gasteiger partial charge in [-0.1, -0.05) is 12.1 Å². The highest BCUT2D eigenvalue weighted by molar-refractivity contribution is 5.86. The van der Waals surface area contributed by atoms with Crippen LogP contribution >= 0.6 is 0 Å². The number of carbonyl (C=O) groups is 3. The number of nitrogens with one attached hydrogen (secondary N) is 2. The van der Waals surface area contributed by atoms with E-state index in [0.717, 1.165) is 0 Å². The number of halogens is 1. The molecule has 1 aromatic carbocycles. The highest BCUT2D eigenvalue weighted by Crippen LogP contribution is 2.10. The van der Waals surface area contributed by atoms with Crippen molar-refractivity contribution in [3.8, 4) is 0 Å². The second-order valence-corrected chi connectivity index (χ2v) is 5.70. The molecule has 24 heavy (non-hydrogen) atoms. The van der Waals surface area contributed by atoms with Gasteiger partial charge in [0.25, 0.3) is 0 Å². The van der Waals surface area contributed by atoms with Gasteiger partial charge in [0, 0.05) is 7.11 Å². The van der Waals surface area contributed by atoms with Crippen LogP contribution in [-0.2, 0) is 25.5 Å². The van der Waals surface area contributed by atoms with E-state index in [0.29, 0.717) is 5.56 Å². The summed E-state index contributed by atoms with van der Waals surface area (Å²) in [5, 5.41) is 13.8. The molecule has 0 saturated carbocycles. The lowest BCUT2D eigenvalue weighted by Gasteiger charge is -2.28. The topological polar surface area (TPSA) is 105 Å². The van der Waals surface area contributed by atoms with Crippen molar-refractivity contribution >= 4 is 17.8 Å². The Balaban J connectivity index is 2.49. The van der Waals surface area contributed by atoms with Crippen LogP contribution in [0, 0.1) is 5.82 Å². The Bertz CT molecular complexity index is 608. The number of hydrogen-bond acceptors (Lipinski definition) is 4. The third-order valence-corrected chi connectivity index (χ3v) is 3.15. The number of aliphatic carboxylic acids is 1. The summed E-state index contributed by atoms with van der Waals surface area (Å²) in [4.78, 5) is 34.5. The molecule has 1 atom stereocenters. The largest absolute Gasteiger partial charge is 0.481 e. The van der Waals surface area contributed by atoms with Gasteiger partial charge in [0.15, 0.2) is 0 Å². The van der Waals surface area contributed by atoms with E-state index in [1.54, 1.807) is 6.07 Å². The summed E-state index contributed by atoms with van der Waals surface area (Å²) in [6, 6.07) is 5.61. The van der Waals surface area contributed by atoms with E-state index < -0.39 is 29.1 Å². The van der Waals surface area contributed by atoms with Crippen LogP contribution in [0.4, 0.5) is 4.39 Å². The van der Waals surface area contributed by atoms with Crippen LogP contribution in [-0.4, -0.2) is 48.7 Å². The van der Waals surface area contributed by atoms with E-state index in [4.69, 9.17) is 9.84 Å². The maximum Gasteiger partial charge on any atom is 0.305 e. The van der Waals surface area contributed by atoms with Crippen LogP contribution in [0.25, 0.3) is 0 Å². The van der Waals surface area contributed by atoms with Gasteiger partial charge >= 0.3 is 5.97 Å². The first-order valence-electron chi connectivity index (χ1n) is 7.27. The number of benzene rings is 1. The van der Waals surface area contributed by atoms with Gasteiger partial charge in [-0.25, -0.2) is 4.39 Å². The molecule has 0 aliphatic rings. The van der Waals surface area contributed by atoms with Crippen molar-refractivity contribution in [1.29, 1.82) is 0 Å². The molecule has 1 rings (SSSR count). The van der Waals surface area contributed by atoms with Crippen molar-refractivity contribution in [2.24, 2.45) is 0 Å². The monoisotopic (exact) mass is 340 g/mol. The molecular formula is C16H21FN2O5. The molecule has 0 aliphatic heterocycles. The molecule has 7 nitrogen and oxygen atoms in total. The first kappa shape index (κ1) is 19.6. The molecule has 0 bridgehead atoms. The Kier molecular flexibility index (Phi) is 7.31. The smallest absolute Gasteiger partial charge is 0.305 e. The molecule has 0 aliphatic carbocycles. The molecule has 0 radical (unpaired) electrons. The minimum Gasteiger partial charge on any atom is -0.481 e. The van der Waals surface area contributed by atoms with Crippen molar-refractivity contribution in [3.63, 3.8) is 0 Å². The number of carboxylic acid groups (broad SMARTS) is 1. The van der Waals surface area contributed by atoms with E-state index in [-0.39, 0.29) is 26.0 Å². The molecular weight excluding hydrogens is 319 g/mol. The summed E-state index contributed by atoms with van der Waals surface area (Å²) in [5.41, 5.74) is -0.590. The highest BCUT2D eigenvalue weighted by atomic mass is 19.1. The van der Waals surface area contributed by atoms with Gasteiger partial charge in [-0.15, -0.1) is 0 Å². The molecule has 3 N–H and O–H groups in total. The van der Waals surface area contributed by atoms with Crippen LogP contribution < -0.4 is 10.6 Å². The summed E-state index contributed by atoms with van der Waals surface area (Å²) in [6.45, 7) is 1.24. The van der Waals surface area contributed by atoms with E-state index in [2.05, 4.69) is 10.6 Å². The Morgan fingerprint density at radius 2 is 2.00 bits per heavy atom. The maximum absolute atomic E-state index is 13.0. The number of carbonyl (C=O) groups excluding carboxylic acids is 2. The molecule has 0 fully saturated rings. The second kappa shape index (κ2) is 8.97. The molecule has 1 aromatic rings. The van der Waals surface area contributed by atoms with Crippen LogP contribution in [0.15, 0.2) is 24.3 Å². The Morgan fingerprint density at radius 1 is 1.29 bits per heavy atom. The van der Waals surface area contributed by atoms with Crippen LogP contribution in [0.1, 0.15) is 18.9 Å².